The van der Waals surface area contributed by atoms with Crippen molar-refractivity contribution < 1.29 is 13.2 Å². The highest BCUT2D eigenvalue weighted by Gasteiger charge is 2.12. The lowest BCUT2D eigenvalue weighted by molar-refractivity contribution is -0.116. The molecule has 0 saturated heterocycles. The first-order valence-corrected chi connectivity index (χ1v) is 11.8. The lowest BCUT2D eigenvalue weighted by atomic mass is 10.1. The molecule has 7 nitrogen and oxygen atoms in total. The van der Waals surface area contributed by atoms with Gasteiger partial charge in [-0.1, -0.05) is 12.1 Å². The molecule has 0 aliphatic rings. The van der Waals surface area contributed by atoms with E-state index >= 15 is 0 Å². The number of nitrogens with one attached hydrogen (secondary N) is 1. The van der Waals surface area contributed by atoms with Crippen LogP contribution in [0.4, 0.5) is 17.2 Å². The number of carbonyl (C=O) groups is 1. The molecule has 0 unspecified atom stereocenters. The molecule has 8 heteroatoms. The average molecular weight is 447 g/mol. The second-order valence-corrected chi connectivity index (χ2v) is 9.48. The minimum absolute atomic E-state index is 0.0426. The Morgan fingerprint density at radius 2 is 1.56 bits per heavy atom. The summed E-state index contributed by atoms with van der Waals surface area (Å²) in [5.74, 6) is 1.07. The van der Waals surface area contributed by atoms with Crippen LogP contribution in [0.5, 0.6) is 0 Å². The summed E-state index contributed by atoms with van der Waals surface area (Å²) in [7, 11) is -1.55. The highest BCUT2D eigenvalue weighted by Crippen LogP contribution is 2.28. The highest BCUT2D eigenvalue weighted by atomic mass is 32.2. The van der Waals surface area contributed by atoms with Crippen molar-refractivity contribution in [2.24, 2.45) is 0 Å². The van der Waals surface area contributed by atoms with Gasteiger partial charge in [-0.3, -0.25) is 4.79 Å². The van der Waals surface area contributed by atoms with E-state index in [0.29, 0.717) is 17.2 Å². The predicted octanol–water partition coefficient (Wildman–Crippen LogP) is 4.43. The van der Waals surface area contributed by atoms with Gasteiger partial charge in [0.05, 0.1) is 10.4 Å². The molecule has 0 bridgehead atoms. The Morgan fingerprint density at radius 3 is 2.19 bits per heavy atom. The van der Waals surface area contributed by atoms with Crippen LogP contribution in [0.15, 0.2) is 77.7 Å². The number of benzene rings is 3. The van der Waals surface area contributed by atoms with E-state index in [1.165, 1.54) is 13.2 Å². The largest absolute Gasteiger partial charge is 0.340 e. The van der Waals surface area contributed by atoms with Gasteiger partial charge in [0.1, 0.15) is 5.82 Å². The number of carbonyl (C=O) groups excluding carboxylic acids is 1. The van der Waals surface area contributed by atoms with Crippen LogP contribution >= 0.6 is 0 Å². The van der Waals surface area contributed by atoms with Gasteiger partial charge < -0.3 is 10.2 Å². The summed E-state index contributed by atoms with van der Waals surface area (Å²) in [6.07, 6.45) is 1.18. The molecule has 162 valence electrons. The van der Waals surface area contributed by atoms with Gasteiger partial charge in [-0.15, -0.1) is 0 Å². The Balaban J connectivity index is 1.72. The molecule has 0 radical (unpaired) electrons. The number of aromatic nitrogens is 2. The first-order valence-electron chi connectivity index (χ1n) is 9.91. The Hall–Kier alpha value is -3.78. The van der Waals surface area contributed by atoms with Crippen LogP contribution in [-0.2, 0) is 14.6 Å². The molecule has 1 amide bonds. The quantitative estimate of drug-likeness (QED) is 0.488. The molecule has 32 heavy (non-hydrogen) atoms. The van der Waals surface area contributed by atoms with Gasteiger partial charge in [-0.25, -0.2) is 18.4 Å². The van der Waals surface area contributed by atoms with Crippen molar-refractivity contribution in [1.29, 1.82) is 0 Å². The summed E-state index contributed by atoms with van der Waals surface area (Å²) >= 11 is 0. The number of amides is 1. The Bertz CT molecular complexity index is 1400. The maximum Gasteiger partial charge on any atom is 0.223 e. The number of rotatable bonds is 5. The normalized spacial score (nSPS) is 11.3. The fourth-order valence-electron chi connectivity index (χ4n) is 3.24. The zero-order chi connectivity index (χ0) is 22.9. The van der Waals surface area contributed by atoms with Crippen LogP contribution < -0.4 is 10.2 Å². The number of hydrogen-bond acceptors (Lipinski definition) is 6. The maximum atomic E-state index is 11.8. The zero-order valence-corrected chi connectivity index (χ0v) is 18.7. The minimum atomic E-state index is -3.28. The Morgan fingerprint density at radius 1 is 0.906 bits per heavy atom. The van der Waals surface area contributed by atoms with E-state index in [1.807, 2.05) is 48.5 Å². The molecular formula is C24H22N4O3S. The number of para-hydroxylation sites is 1. The molecule has 1 aromatic heterocycles. The van der Waals surface area contributed by atoms with E-state index in [-0.39, 0.29) is 10.8 Å². The van der Waals surface area contributed by atoms with E-state index in [9.17, 15) is 13.2 Å². The van der Waals surface area contributed by atoms with Crippen molar-refractivity contribution in [3.8, 4) is 11.4 Å². The SMILES string of the molecule is CC(=O)N(C)c1ccc(Nc2nc(-c3ccc(S(C)(=O)=O)cc3)nc3ccccc23)cc1. The summed E-state index contributed by atoms with van der Waals surface area (Å²) in [5, 5.41) is 4.19. The van der Waals surface area contributed by atoms with Crippen LogP contribution in [0.2, 0.25) is 0 Å². The molecule has 4 rings (SSSR count). The summed E-state index contributed by atoms with van der Waals surface area (Å²) in [4.78, 5) is 22.8. The zero-order valence-electron chi connectivity index (χ0n) is 17.9. The fourth-order valence-corrected chi connectivity index (χ4v) is 3.87. The third-order valence-electron chi connectivity index (χ3n) is 5.13. The van der Waals surface area contributed by atoms with Gasteiger partial charge >= 0.3 is 0 Å². The average Bonchev–Trinajstić information content (AvgIpc) is 2.78. The Kier molecular flexibility index (Phi) is 5.63. The molecule has 0 fully saturated rings. The second-order valence-electron chi connectivity index (χ2n) is 7.46. The van der Waals surface area contributed by atoms with E-state index in [2.05, 4.69) is 10.3 Å². The number of sulfone groups is 1. The van der Waals surface area contributed by atoms with Crippen molar-refractivity contribution in [2.45, 2.75) is 11.8 Å². The Labute approximate surface area is 186 Å². The lowest BCUT2D eigenvalue weighted by Crippen LogP contribution is -2.22. The van der Waals surface area contributed by atoms with Crippen LogP contribution in [0.25, 0.3) is 22.3 Å². The predicted molar refractivity (Wildman–Crippen MR) is 127 cm³/mol. The van der Waals surface area contributed by atoms with Crippen LogP contribution in [-0.4, -0.2) is 37.6 Å². The smallest absolute Gasteiger partial charge is 0.223 e. The van der Waals surface area contributed by atoms with Gasteiger partial charge in [0, 0.05) is 42.6 Å². The third kappa shape index (κ3) is 4.45. The molecule has 0 aliphatic carbocycles. The van der Waals surface area contributed by atoms with E-state index in [1.54, 1.807) is 36.2 Å². The van der Waals surface area contributed by atoms with Crippen LogP contribution in [0.3, 0.4) is 0 Å². The van der Waals surface area contributed by atoms with Crippen molar-refractivity contribution in [3.63, 3.8) is 0 Å². The third-order valence-corrected chi connectivity index (χ3v) is 6.26. The number of nitrogens with zero attached hydrogens (tertiary/aromatic N) is 3. The lowest BCUT2D eigenvalue weighted by Gasteiger charge is -2.16. The molecule has 0 atom stereocenters. The summed E-state index contributed by atoms with van der Waals surface area (Å²) in [6.45, 7) is 1.52. The molecular weight excluding hydrogens is 424 g/mol. The molecule has 3 aromatic carbocycles. The van der Waals surface area contributed by atoms with E-state index < -0.39 is 9.84 Å². The van der Waals surface area contributed by atoms with Crippen molar-refractivity contribution in [1.82, 2.24) is 9.97 Å². The number of fused-ring (bicyclic) bond motifs is 1. The van der Waals surface area contributed by atoms with Gasteiger partial charge in [0.2, 0.25) is 5.91 Å². The summed E-state index contributed by atoms with van der Waals surface area (Å²) in [6, 6.07) is 21.7. The first-order chi connectivity index (χ1) is 15.2. The van der Waals surface area contributed by atoms with Crippen molar-refractivity contribution in [3.05, 3.63) is 72.8 Å². The molecule has 0 saturated carbocycles. The van der Waals surface area contributed by atoms with Gasteiger partial charge in [0.25, 0.3) is 0 Å². The summed E-state index contributed by atoms with van der Waals surface area (Å²) in [5.41, 5.74) is 3.08. The standard InChI is InChI=1S/C24H22N4O3S/c1-16(29)28(2)19-12-10-18(11-13-19)25-24-21-6-4-5-7-22(21)26-23(27-24)17-8-14-20(15-9-17)32(3,30)31/h4-15H,1-3H3,(H,25,26,27). The minimum Gasteiger partial charge on any atom is -0.340 e. The van der Waals surface area contributed by atoms with Gasteiger partial charge in [-0.05, 0) is 60.7 Å². The molecule has 0 spiro atoms. The van der Waals surface area contributed by atoms with Crippen molar-refractivity contribution in [2.75, 3.05) is 23.5 Å². The van der Waals surface area contributed by atoms with Crippen LogP contribution in [0, 0.1) is 0 Å². The van der Waals surface area contributed by atoms with Crippen molar-refractivity contribution >= 4 is 43.8 Å². The van der Waals surface area contributed by atoms with Gasteiger partial charge in [-0.2, -0.15) is 0 Å². The molecule has 1 heterocycles. The van der Waals surface area contributed by atoms with E-state index in [4.69, 9.17) is 4.98 Å². The maximum absolute atomic E-state index is 11.8. The van der Waals surface area contributed by atoms with E-state index in [0.717, 1.165) is 22.3 Å². The first kappa shape index (κ1) is 21.5. The molecule has 1 N–H and O–H groups in total. The highest BCUT2D eigenvalue weighted by molar-refractivity contribution is 7.90. The number of anilines is 3. The topological polar surface area (TPSA) is 92.3 Å². The number of hydrogen-bond donors (Lipinski definition) is 1. The van der Waals surface area contributed by atoms with Gasteiger partial charge in [0.15, 0.2) is 15.7 Å². The fraction of sp³-hybridized carbons (Fsp3) is 0.125. The monoisotopic (exact) mass is 446 g/mol. The molecule has 0 aliphatic heterocycles. The summed E-state index contributed by atoms with van der Waals surface area (Å²) < 4.78 is 23.5. The van der Waals surface area contributed by atoms with Crippen LogP contribution in [0.1, 0.15) is 6.92 Å². The molecule has 4 aromatic rings. The second kappa shape index (κ2) is 8.39.